The lowest BCUT2D eigenvalue weighted by Gasteiger charge is -2.12. The van der Waals surface area contributed by atoms with E-state index in [2.05, 4.69) is 25.9 Å². The Bertz CT molecular complexity index is 622. The molecule has 2 aromatic rings. The molecule has 1 aromatic heterocycles. The lowest BCUT2D eigenvalue weighted by Crippen LogP contribution is -2.04. The van der Waals surface area contributed by atoms with Crippen LogP contribution in [-0.2, 0) is 4.74 Å². The van der Waals surface area contributed by atoms with Crippen LogP contribution in [0.2, 0.25) is 10.3 Å². The molecule has 0 saturated carbocycles. The normalized spacial score (nSPS) is 18.4. The summed E-state index contributed by atoms with van der Waals surface area (Å²) in [5.41, 5.74) is 1.52. The van der Waals surface area contributed by atoms with E-state index in [4.69, 9.17) is 27.9 Å². The Morgan fingerprint density at radius 2 is 1.85 bits per heavy atom. The summed E-state index contributed by atoms with van der Waals surface area (Å²) in [5.74, 6) is 0.563. The molecule has 0 spiro atoms. The van der Waals surface area contributed by atoms with Gasteiger partial charge in [-0.15, -0.1) is 0 Å². The van der Waals surface area contributed by atoms with E-state index in [9.17, 15) is 0 Å². The molecule has 104 valence electrons. The fourth-order valence-corrected chi connectivity index (χ4v) is 3.32. The van der Waals surface area contributed by atoms with Crippen LogP contribution >= 0.6 is 39.1 Å². The van der Waals surface area contributed by atoms with Gasteiger partial charge in [0.1, 0.15) is 16.4 Å². The average Bonchev–Trinajstić information content (AvgIpc) is 2.94. The molecule has 20 heavy (non-hydrogen) atoms. The van der Waals surface area contributed by atoms with E-state index in [-0.39, 0.29) is 6.10 Å². The molecular weight excluding hydrogens is 363 g/mol. The molecule has 0 radical (unpaired) electrons. The highest BCUT2D eigenvalue weighted by Crippen LogP contribution is 2.38. The molecule has 1 atom stereocenters. The summed E-state index contributed by atoms with van der Waals surface area (Å²) in [7, 11) is 0. The lowest BCUT2D eigenvalue weighted by atomic mass is 10.1. The summed E-state index contributed by atoms with van der Waals surface area (Å²) in [4.78, 5) is 8.72. The quantitative estimate of drug-likeness (QED) is 0.689. The van der Waals surface area contributed by atoms with Crippen molar-refractivity contribution < 1.29 is 4.74 Å². The maximum Gasteiger partial charge on any atom is 0.160 e. The van der Waals surface area contributed by atoms with Gasteiger partial charge in [-0.25, -0.2) is 9.97 Å². The number of hydrogen-bond donors (Lipinski definition) is 0. The minimum Gasteiger partial charge on any atom is -0.370 e. The van der Waals surface area contributed by atoms with E-state index in [1.54, 1.807) is 0 Å². The van der Waals surface area contributed by atoms with Gasteiger partial charge in [-0.05, 0) is 18.9 Å². The summed E-state index contributed by atoms with van der Waals surface area (Å²) in [6, 6.07) is 7.69. The number of nitrogens with zero attached hydrogens (tertiary/aromatic N) is 2. The zero-order valence-corrected chi connectivity index (χ0v) is 13.5. The minimum absolute atomic E-state index is 0.0988. The zero-order valence-electron chi connectivity index (χ0n) is 10.4. The number of hydrogen-bond acceptors (Lipinski definition) is 3. The lowest BCUT2D eigenvalue weighted by molar-refractivity contribution is 0.105. The fraction of sp³-hybridized carbons (Fsp3) is 0.286. The van der Waals surface area contributed by atoms with Gasteiger partial charge in [-0.3, -0.25) is 0 Å². The topological polar surface area (TPSA) is 35.0 Å². The Kier molecular flexibility index (Phi) is 4.26. The van der Waals surface area contributed by atoms with Crippen molar-refractivity contribution in [2.24, 2.45) is 0 Å². The molecule has 2 heterocycles. The summed E-state index contributed by atoms with van der Waals surface area (Å²) in [6.45, 7) is 0.731. The van der Waals surface area contributed by atoms with Crippen LogP contribution in [0.3, 0.4) is 0 Å². The number of rotatable bonds is 2. The van der Waals surface area contributed by atoms with Gasteiger partial charge in [0.25, 0.3) is 0 Å². The van der Waals surface area contributed by atoms with E-state index in [1.165, 1.54) is 0 Å². The van der Waals surface area contributed by atoms with Crippen molar-refractivity contribution >= 4 is 39.1 Å². The first-order valence-electron chi connectivity index (χ1n) is 6.26. The second kappa shape index (κ2) is 5.98. The fourth-order valence-electron chi connectivity index (χ4n) is 2.23. The average molecular weight is 374 g/mol. The molecule has 1 fully saturated rings. The number of halogens is 3. The van der Waals surface area contributed by atoms with Crippen LogP contribution in [0.5, 0.6) is 0 Å². The predicted octanol–water partition coefficient (Wildman–Crippen LogP) is 5.06. The van der Waals surface area contributed by atoms with Gasteiger partial charge in [0.2, 0.25) is 0 Å². The Morgan fingerprint density at radius 3 is 2.45 bits per heavy atom. The van der Waals surface area contributed by atoms with Crippen molar-refractivity contribution in [2.75, 3.05) is 6.61 Å². The summed E-state index contributed by atoms with van der Waals surface area (Å²) in [6.07, 6.45) is 1.81. The number of aromatic nitrogens is 2. The van der Waals surface area contributed by atoms with Crippen LogP contribution in [0, 0.1) is 0 Å². The SMILES string of the molecule is Clc1nc(C2CCCO2)nc(Cl)c1-c1ccccc1Br. The Morgan fingerprint density at radius 1 is 1.15 bits per heavy atom. The number of ether oxygens (including phenoxy) is 1. The van der Waals surface area contributed by atoms with Crippen LogP contribution in [0.25, 0.3) is 11.1 Å². The number of benzene rings is 1. The van der Waals surface area contributed by atoms with Gasteiger partial charge in [0.05, 0.1) is 5.56 Å². The van der Waals surface area contributed by atoms with E-state index in [1.807, 2.05) is 24.3 Å². The largest absolute Gasteiger partial charge is 0.370 e. The van der Waals surface area contributed by atoms with Crippen LogP contribution in [0.15, 0.2) is 28.7 Å². The monoisotopic (exact) mass is 372 g/mol. The van der Waals surface area contributed by atoms with Gasteiger partial charge in [0.15, 0.2) is 5.82 Å². The van der Waals surface area contributed by atoms with Crippen molar-refractivity contribution in [2.45, 2.75) is 18.9 Å². The highest BCUT2D eigenvalue weighted by molar-refractivity contribution is 9.10. The van der Waals surface area contributed by atoms with E-state index in [0.29, 0.717) is 21.7 Å². The van der Waals surface area contributed by atoms with E-state index >= 15 is 0 Å². The van der Waals surface area contributed by atoms with Crippen molar-refractivity contribution in [3.63, 3.8) is 0 Å². The maximum absolute atomic E-state index is 6.31. The molecule has 0 bridgehead atoms. The molecule has 1 unspecified atom stereocenters. The van der Waals surface area contributed by atoms with Gasteiger partial charge >= 0.3 is 0 Å². The van der Waals surface area contributed by atoms with Gasteiger partial charge in [-0.1, -0.05) is 57.3 Å². The summed E-state index contributed by atoms with van der Waals surface area (Å²) in [5, 5.41) is 0.699. The first kappa shape index (κ1) is 14.3. The molecule has 0 N–H and O–H groups in total. The second-order valence-electron chi connectivity index (χ2n) is 4.52. The highest BCUT2D eigenvalue weighted by atomic mass is 79.9. The van der Waals surface area contributed by atoms with Gasteiger partial charge < -0.3 is 4.74 Å². The molecule has 0 aliphatic carbocycles. The summed E-state index contributed by atoms with van der Waals surface area (Å²) < 4.78 is 6.47. The van der Waals surface area contributed by atoms with E-state index < -0.39 is 0 Å². The molecule has 0 amide bonds. The predicted molar refractivity (Wildman–Crippen MR) is 83.1 cm³/mol. The maximum atomic E-state index is 6.31. The van der Waals surface area contributed by atoms with E-state index in [0.717, 1.165) is 29.5 Å². The summed E-state index contributed by atoms with van der Waals surface area (Å²) >= 11 is 16.1. The zero-order chi connectivity index (χ0) is 14.1. The minimum atomic E-state index is -0.0988. The Labute approximate surface area is 135 Å². The Hall–Kier alpha value is -0.680. The van der Waals surface area contributed by atoms with Crippen LogP contribution in [-0.4, -0.2) is 16.6 Å². The van der Waals surface area contributed by atoms with Crippen molar-refractivity contribution in [1.29, 1.82) is 0 Å². The molecule has 1 aromatic carbocycles. The van der Waals surface area contributed by atoms with Crippen molar-refractivity contribution in [3.8, 4) is 11.1 Å². The molecule has 1 aliphatic rings. The highest BCUT2D eigenvalue weighted by Gasteiger charge is 2.24. The van der Waals surface area contributed by atoms with Crippen molar-refractivity contribution in [3.05, 3.63) is 44.9 Å². The van der Waals surface area contributed by atoms with Gasteiger partial charge in [0, 0.05) is 16.6 Å². The van der Waals surface area contributed by atoms with Crippen LogP contribution < -0.4 is 0 Å². The molecule has 6 heteroatoms. The van der Waals surface area contributed by atoms with Crippen LogP contribution in [0.1, 0.15) is 24.8 Å². The van der Waals surface area contributed by atoms with Crippen LogP contribution in [0.4, 0.5) is 0 Å². The molecule has 3 nitrogen and oxygen atoms in total. The molecule has 3 rings (SSSR count). The Balaban J connectivity index is 2.07. The second-order valence-corrected chi connectivity index (χ2v) is 6.09. The third kappa shape index (κ3) is 2.70. The molecule has 1 saturated heterocycles. The molecular formula is C14H11BrCl2N2O. The third-order valence-corrected chi connectivity index (χ3v) is 4.44. The first-order chi connectivity index (χ1) is 9.66. The smallest absolute Gasteiger partial charge is 0.160 e. The standard InChI is InChI=1S/C14H11BrCl2N2O/c15-9-5-2-1-4-8(9)11-12(16)18-14(19-13(11)17)10-6-3-7-20-10/h1-2,4-5,10H,3,6-7H2. The van der Waals surface area contributed by atoms with Gasteiger partial charge in [-0.2, -0.15) is 0 Å². The first-order valence-corrected chi connectivity index (χ1v) is 7.81. The molecule has 1 aliphatic heterocycles. The van der Waals surface area contributed by atoms with Crippen molar-refractivity contribution in [1.82, 2.24) is 9.97 Å². The third-order valence-electron chi connectivity index (χ3n) is 3.20.